The predicted molar refractivity (Wildman–Crippen MR) is 52.7 cm³/mol. The second kappa shape index (κ2) is 5.86. The quantitative estimate of drug-likeness (QED) is 0.625. The molecular formula is C10H19NO2. The predicted octanol–water partition coefficient (Wildman–Crippen LogP) is 1.26. The van der Waals surface area contributed by atoms with E-state index >= 15 is 0 Å². The van der Waals surface area contributed by atoms with E-state index in [1.807, 2.05) is 18.9 Å². The minimum atomic E-state index is -0.0890. The van der Waals surface area contributed by atoms with Gasteiger partial charge in [-0.15, -0.1) is 0 Å². The number of Topliss-reactive ketones (excluding diaryl/α,β-unsaturated/α-hetero) is 2. The molecule has 0 rings (SSSR count). The largest absolute Gasteiger partial charge is 0.300 e. The van der Waals surface area contributed by atoms with E-state index in [4.69, 9.17) is 0 Å². The average Bonchev–Trinajstić information content (AvgIpc) is 2.03. The maximum atomic E-state index is 11.2. The van der Waals surface area contributed by atoms with Gasteiger partial charge in [-0.05, 0) is 33.9 Å². The van der Waals surface area contributed by atoms with Crippen molar-refractivity contribution in [3.8, 4) is 0 Å². The van der Waals surface area contributed by atoms with Crippen LogP contribution in [0.25, 0.3) is 0 Å². The van der Waals surface area contributed by atoms with Crippen LogP contribution in [0, 0.1) is 0 Å². The number of carbonyl (C=O) groups is 2. The summed E-state index contributed by atoms with van der Waals surface area (Å²) in [7, 11) is 1.91. The van der Waals surface area contributed by atoms with Crippen molar-refractivity contribution in [2.75, 3.05) is 13.6 Å². The minimum Gasteiger partial charge on any atom is -0.300 e. The normalized spacial score (nSPS) is 13.0. The first-order valence-electron chi connectivity index (χ1n) is 4.69. The molecule has 3 heteroatoms. The van der Waals surface area contributed by atoms with Gasteiger partial charge in [0.25, 0.3) is 0 Å². The molecule has 0 heterocycles. The molecule has 3 nitrogen and oxygen atoms in total. The summed E-state index contributed by atoms with van der Waals surface area (Å²) in [5.41, 5.74) is 0. The van der Waals surface area contributed by atoms with Crippen molar-refractivity contribution >= 4 is 11.6 Å². The van der Waals surface area contributed by atoms with Crippen LogP contribution in [0.4, 0.5) is 0 Å². The smallest absolute Gasteiger partial charge is 0.146 e. The van der Waals surface area contributed by atoms with Gasteiger partial charge >= 0.3 is 0 Å². The molecule has 0 bridgehead atoms. The van der Waals surface area contributed by atoms with Crippen molar-refractivity contribution in [3.05, 3.63) is 0 Å². The summed E-state index contributed by atoms with van der Waals surface area (Å²) in [6.07, 6.45) is 1.14. The van der Waals surface area contributed by atoms with Gasteiger partial charge in [-0.2, -0.15) is 0 Å². The van der Waals surface area contributed by atoms with Gasteiger partial charge in [0, 0.05) is 6.42 Å². The Labute approximate surface area is 80.1 Å². The molecule has 0 saturated carbocycles. The molecule has 0 aromatic heterocycles. The number of ketones is 2. The second-order valence-electron chi connectivity index (χ2n) is 3.44. The molecule has 0 aromatic carbocycles. The monoisotopic (exact) mass is 185 g/mol. The third-order valence-corrected chi connectivity index (χ3v) is 2.27. The lowest BCUT2D eigenvalue weighted by Gasteiger charge is -2.23. The van der Waals surface area contributed by atoms with E-state index in [1.54, 1.807) is 13.8 Å². The molecule has 0 aromatic rings. The van der Waals surface area contributed by atoms with Gasteiger partial charge < -0.3 is 4.79 Å². The van der Waals surface area contributed by atoms with E-state index in [0.717, 1.165) is 6.54 Å². The Hall–Kier alpha value is -0.700. The molecule has 0 fully saturated rings. The number of carbonyl (C=O) groups excluding carboxylic acids is 2. The van der Waals surface area contributed by atoms with E-state index in [9.17, 15) is 9.59 Å². The van der Waals surface area contributed by atoms with Gasteiger partial charge in [0.15, 0.2) is 0 Å². The summed E-state index contributed by atoms with van der Waals surface area (Å²) in [5.74, 6) is 0.293. The van der Waals surface area contributed by atoms with E-state index in [1.165, 1.54) is 0 Å². The number of hydrogen-bond donors (Lipinski definition) is 0. The van der Waals surface area contributed by atoms with Crippen molar-refractivity contribution < 1.29 is 9.59 Å². The highest BCUT2D eigenvalue weighted by Crippen LogP contribution is 2.06. The Morgan fingerprint density at radius 1 is 1.31 bits per heavy atom. The fourth-order valence-corrected chi connectivity index (χ4v) is 1.29. The van der Waals surface area contributed by atoms with Crippen LogP contribution in [-0.4, -0.2) is 36.1 Å². The maximum absolute atomic E-state index is 11.2. The van der Waals surface area contributed by atoms with Crippen molar-refractivity contribution in [1.82, 2.24) is 4.90 Å². The zero-order valence-corrected chi connectivity index (χ0v) is 8.96. The van der Waals surface area contributed by atoms with E-state index in [0.29, 0.717) is 12.8 Å². The highest BCUT2D eigenvalue weighted by atomic mass is 16.1. The van der Waals surface area contributed by atoms with Crippen LogP contribution in [0.3, 0.4) is 0 Å². The number of rotatable bonds is 6. The van der Waals surface area contributed by atoms with E-state index in [-0.39, 0.29) is 17.6 Å². The molecule has 0 amide bonds. The lowest BCUT2D eigenvalue weighted by molar-refractivity contribution is -0.122. The Morgan fingerprint density at radius 3 is 2.15 bits per heavy atom. The van der Waals surface area contributed by atoms with Crippen molar-refractivity contribution in [2.45, 2.75) is 39.7 Å². The SMILES string of the molecule is CCN(C)C(CCC(C)=O)C(C)=O. The number of likely N-dealkylation sites (N-methyl/N-ethyl adjacent to an activating group) is 1. The van der Waals surface area contributed by atoms with Crippen molar-refractivity contribution in [1.29, 1.82) is 0 Å². The third kappa shape index (κ3) is 4.78. The summed E-state index contributed by atoms with van der Waals surface area (Å²) >= 11 is 0. The molecule has 0 radical (unpaired) electrons. The van der Waals surface area contributed by atoms with Crippen LogP contribution >= 0.6 is 0 Å². The molecule has 0 aliphatic rings. The minimum absolute atomic E-state index is 0.0890. The fourth-order valence-electron chi connectivity index (χ4n) is 1.29. The zero-order valence-electron chi connectivity index (χ0n) is 8.96. The van der Waals surface area contributed by atoms with Crippen LogP contribution in [0.1, 0.15) is 33.6 Å². The average molecular weight is 185 g/mol. The summed E-state index contributed by atoms with van der Waals surface area (Å²) in [4.78, 5) is 23.9. The number of nitrogens with zero attached hydrogens (tertiary/aromatic N) is 1. The lowest BCUT2D eigenvalue weighted by atomic mass is 10.0. The molecule has 13 heavy (non-hydrogen) atoms. The Kier molecular flexibility index (Phi) is 5.55. The van der Waals surface area contributed by atoms with Gasteiger partial charge in [0.2, 0.25) is 0 Å². The van der Waals surface area contributed by atoms with Gasteiger partial charge in [0.05, 0.1) is 6.04 Å². The Bertz CT molecular complexity index is 189. The molecule has 0 saturated heterocycles. The van der Waals surface area contributed by atoms with Gasteiger partial charge in [-0.25, -0.2) is 0 Å². The Balaban J connectivity index is 4.10. The Morgan fingerprint density at radius 2 is 1.85 bits per heavy atom. The fraction of sp³-hybridized carbons (Fsp3) is 0.800. The van der Waals surface area contributed by atoms with Crippen LogP contribution in [0.15, 0.2) is 0 Å². The highest BCUT2D eigenvalue weighted by molar-refractivity contribution is 5.82. The first-order valence-corrected chi connectivity index (χ1v) is 4.69. The van der Waals surface area contributed by atoms with Crippen LogP contribution in [0.2, 0.25) is 0 Å². The number of hydrogen-bond acceptors (Lipinski definition) is 3. The molecule has 0 spiro atoms. The zero-order chi connectivity index (χ0) is 10.4. The topological polar surface area (TPSA) is 37.4 Å². The van der Waals surface area contributed by atoms with Crippen molar-refractivity contribution in [2.24, 2.45) is 0 Å². The van der Waals surface area contributed by atoms with Gasteiger partial charge in [0.1, 0.15) is 11.6 Å². The van der Waals surface area contributed by atoms with Gasteiger partial charge in [-0.3, -0.25) is 9.69 Å². The molecule has 76 valence electrons. The first-order chi connectivity index (χ1) is 5.99. The second-order valence-corrected chi connectivity index (χ2v) is 3.44. The summed E-state index contributed by atoms with van der Waals surface area (Å²) in [5, 5.41) is 0. The summed E-state index contributed by atoms with van der Waals surface area (Å²) in [6.45, 7) is 5.98. The molecule has 1 unspecified atom stereocenters. The molecule has 0 aliphatic carbocycles. The molecule has 0 N–H and O–H groups in total. The van der Waals surface area contributed by atoms with Crippen LogP contribution in [-0.2, 0) is 9.59 Å². The molecule has 1 atom stereocenters. The first kappa shape index (κ1) is 12.3. The van der Waals surface area contributed by atoms with Gasteiger partial charge in [-0.1, -0.05) is 6.92 Å². The lowest BCUT2D eigenvalue weighted by Crippen LogP contribution is -2.37. The van der Waals surface area contributed by atoms with Crippen molar-refractivity contribution in [3.63, 3.8) is 0 Å². The summed E-state index contributed by atoms with van der Waals surface area (Å²) in [6, 6.07) is -0.0890. The standard InChI is InChI=1S/C10H19NO2/c1-5-11(4)10(9(3)13)7-6-8(2)12/h10H,5-7H2,1-4H3. The van der Waals surface area contributed by atoms with Crippen LogP contribution in [0.5, 0.6) is 0 Å². The molecule has 0 aliphatic heterocycles. The highest BCUT2D eigenvalue weighted by Gasteiger charge is 2.18. The van der Waals surface area contributed by atoms with E-state index < -0.39 is 0 Å². The maximum Gasteiger partial charge on any atom is 0.146 e. The van der Waals surface area contributed by atoms with E-state index in [2.05, 4.69) is 0 Å². The third-order valence-electron chi connectivity index (χ3n) is 2.27. The molecular weight excluding hydrogens is 166 g/mol. The summed E-state index contributed by atoms with van der Waals surface area (Å²) < 4.78 is 0. The van der Waals surface area contributed by atoms with Crippen LogP contribution < -0.4 is 0 Å².